The van der Waals surface area contributed by atoms with E-state index in [2.05, 4.69) is 9.97 Å². The minimum Gasteiger partial charge on any atom is -0.369 e. The van der Waals surface area contributed by atoms with Crippen LogP contribution in [-0.4, -0.2) is 27.5 Å². The van der Waals surface area contributed by atoms with Gasteiger partial charge < -0.3 is 5.73 Å². The fourth-order valence-electron chi connectivity index (χ4n) is 2.17. The number of hydrogen-bond acceptors (Lipinski definition) is 7. The Morgan fingerprint density at radius 1 is 1.33 bits per heavy atom. The molecule has 0 saturated carbocycles. The minimum atomic E-state index is -0.320. The predicted octanol–water partition coefficient (Wildman–Crippen LogP) is 1.48. The number of anilines is 2. The van der Waals surface area contributed by atoms with Gasteiger partial charge in [-0.3, -0.25) is 14.3 Å². The van der Waals surface area contributed by atoms with Crippen molar-refractivity contribution in [2.24, 2.45) is 0 Å². The number of nitriles is 2. The van der Waals surface area contributed by atoms with Gasteiger partial charge >= 0.3 is 0 Å². The molecule has 0 radical (unpaired) electrons. The molecule has 2 N–H and O–H groups in total. The van der Waals surface area contributed by atoms with E-state index in [1.165, 1.54) is 20.8 Å². The number of rotatable bonds is 3. The summed E-state index contributed by atoms with van der Waals surface area (Å²) in [7, 11) is 1.60. The number of likely N-dealkylation sites (N-methyl/N-ethyl adjacent to an activating group) is 1. The lowest BCUT2D eigenvalue weighted by Gasteiger charge is -2.14. The number of carbonyl (C=O) groups excluding carboxylic acids is 1. The van der Waals surface area contributed by atoms with Crippen LogP contribution >= 0.6 is 11.3 Å². The van der Waals surface area contributed by atoms with E-state index in [9.17, 15) is 4.79 Å². The van der Waals surface area contributed by atoms with E-state index >= 15 is 0 Å². The maximum absolute atomic E-state index is 12.5. The summed E-state index contributed by atoms with van der Waals surface area (Å²) in [5.74, 6) is -0.367. The van der Waals surface area contributed by atoms with Crippen LogP contribution in [-0.2, 0) is 11.3 Å². The van der Waals surface area contributed by atoms with Gasteiger partial charge in [-0.05, 0) is 12.1 Å². The normalized spacial score (nSPS) is 10.3. The molecule has 9 heteroatoms. The molecule has 3 rings (SSSR count). The van der Waals surface area contributed by atoms with E-state index in [-0.39, 0.29) is 29.8 Å². The molecule has 0 aliphatic rings. The van der Waals surface area contributed by atoms with Crippen LogP contribution in [0, 0.1) is 22.7 Å². The molecule has 0 aliphatic carbocycles. The molecule has 1 aromatic carbocycles. The Labute approximate surface area is 141 Å². The summed E-state index contributed by atoms with van der Waals surface area (Å²) in [5, 5.41) is 18.6. The molecule has 118 valence electrons. The maximum atomic E-state index is 12.5. The van der Waals surface area contributed by atoms with Gasteiger partial charge in [-0.1, -0.05) is 23.5 Å². The van der Waals surface area contributed by atoms with Gasteiger partial charge in [-0.2, -0.15) is 10.5 Å². The third-order valence-electron chi connectivity index (χ3n) is 3.45. The van der Waals surface area contributed by atoms with Crippen molar-refractivity contribution in [2.75, 3.05) is 17.7 Å². The van der Waals surface area contributed by atoms with E-state index in [0.29, 0.717) is 5.13 Å². The van der Waals surface area contributed by atoms with Crippen LogP contribution in [0.5, 0.6) is 0 Å². The maximum Gasteiger partial charge on any atom is 0.248 e. The molecule has 2 heterocycles. The number of thiazole rings is 1. The number of amides is 1. The second kappa shape index (κ2) is 5.99. The zero-order chi connectivity index (χ0) is 17.3. The van der Waals surface area contributed by atoms with Crippen LogP contribution in [0.25, 0.3) is 10.2 Å². The summed E-state index contributed by atoms with van der Waals surface area (Å²) in [5.41, 5.74) is 6.40. The number of aromatic nitrogens is 3. The molecule has 0 atom stereocenters. The number of nitrogens with two attached hydrogens (primary N) is 1. The number of imidazole rings is 1. The number of benzene rings is 1. The Morgan fingerprint density at radius 2 is 2.08 bits per heavy atom. The fraction of sp³-hybridized carbons (Fsp3) is 0.133. The van der Waals surface area contributed by atoms with E-state index in [1.54, 1.807) is 13.1 Å². The molecule has 1 amide bonds. The first kappa shape index (κ1) is 15.5. The highest BCUT2D eigenvalue weighted by molar-refractivity contribution is 7.22. The Kier molecular flexibility index (Phi) is 3.86. The first-order valence-corrected chi connectivity index (χ1v) is 7.65. The van der Waals surface area contributed by atoms with Crippen molar-refractivity contribution in [3.63, 3.8) is 0 Å². The molecule has 0 spiro atoms. The Balaban J connectivity index is 1.89. The second-order valence-corrected chi connectivity index (χ2v) is 5.90. The number of nitrogen functional groups attached to an aromatic ring is 1. The monoisotopic (exact) mass is 337 g/mol. The van der Waals surface area contributed by atoms with Gasteiger partial charge in [-0.15, -0.1) is 0 Å². The van der Waals surface area contributed by atoms with E-state index < -0.39 is 0 Å². The Hall–Kier alpha value is -3.43. The second-order valence-electron chi connectivity index (χ2n) is 4.89. The highest BCUT2D eigenvalue weighted by Crippen LogP contribution is 2.28. The Bertz CT molecular complexity index is 988. The van der Waals surface area contributed by atoms with Gasteiger partial charge in [0.05, 0.1) is 10.2 Å². The third-order valence-corrected chi connectivity index (χ3v) is 4.56. The first-order chi connectivity index (χ1) is 11.5. The smallest absolute Gasteiger partial charge is 0.248 e. The van der Waals surface area contributed by atoms with Gasteiger partial charge in [0.15, 0.2) is 16.5 Å². The molecule has 0 bridgehead atoms. The van der Waals surface area contributed by atoms with Crippen LogP contribution in [0.2, 0.25) is 0 Å². The number of carbonyl (C=O) groups is 1. The fourth-order valence-corrected chi connectivity index (χ4v) is 3.12. The number of nitrogens with zero attached hydrogens (tertiary/aromatic N) is 6. The van der Waals surface area contributed by atoms with Crippen molar-refractivity contribution in [3.8, 4) is 12.1 Å². The molecule has 2 aromatic heterocycles. The zero-order valence-electron chi connectivity index (χ0n) is 12.6. The molecule has 3 aromatic rings. The van der Waals surface area contributed by atoms with Crippen LogP contribution in [0.15, 0.2) is 24.3 Å². The van der Waals surface area contributed by atoms with E-state index in [0.717, 1.165) is 10.2 Å². The van der Waals surface area contributed by atoms with Crippen molar-refractivity contribution < 1.29 is 4.79 Å². The Morgan fingerprint density at radius 3 is 2.75 bits per heavy atom. The van der Waals surface area contributed by atoms with Crippen LogP contribution in [0.1, 0.15) is 11.4 Å². The van der Waals surface area contributed by atoms with Gasteiger partial charge in [0, 0.05) is 7.05 Å². The summed E-state index contributed by atoms with van der Waals surface area (Å²) in [6, 6.07) is 11.2. The predicted molar refractivity (Wildman–Crippen MR) is 89.1 cm³/mol. The summed E-state index contributed by atoms with van der Waals surface area (Å²) >= 11 is 1.39. The number of para-hydroxylation sites is 1. The zero-order valence-corrected chi connectivity index (χ0v) is 13.4. The molecule has 0 unspecified atom stereocenters. The molecule has 0 aliphatic heterocycles. The van der Waals surface area contributed by atoms with Crippen molar-refractivity contribution in [2.45, 2.75) is 6.54 Å². The summed E-state index contributed by atoms with van der Waals surface area (Å²) in [4.78, 5) is 22.1. The summed E-state index contributed by atoms with van der Waals surface area (Å²) in [6.07, 6.45) is 0. The van der Waals surface area contributed by atoms with Crippen LogP contribution in [0.3, 0.4) is 0 Å². The van der Waals surface area contributed by atoms with Gasteiger partial charge in [0.1, 0.15) is 18.7 Å². The van der Waals surface area contributed by atoms with Crippen molar-refractivity contribution >= 4 is 38.5 Å². The van der Waals surface area contributed by atoms with Crippen molar-refractivity contribution in [1.82, 2.24) is 14.5 Å². The summed E-state index contributed by atoms with van der Waals surface area (Å²) < 4.78 is 2.20. The number of fused-ring (bicyclic) bond motifs is 1. The average Bonchev–Trinajstić information content (AvgIpc) is 3.15. The van der Waals surface area contributed by atoms with Crippen LogP contribution < -0.4 is 10.6 Å². The molecule has 0 fully saturated rings. The van der Waals surface area contributed by atoms with E-state index in [1.807, 2.05) is 30.3 Å². The lowest BCUT2D eigenvalue weighted by molar-refractivity contribution is -0.118. The third kappa shape index (κ3) is 2.53. The highest BCUT2D eigenvalue weighted by Gasteiger charge is 2.21. The first-order valence-electron chi connectivity index (χ1n) is 6.83. The summed E-state index contributed by atoms with van der Waals surface area (Å²) in [6.45, 7) is -0.199. The van der Waals surface area contributed by atoms with Crippen LogP contribution in [0.4, 0.5) is 11.1 Å². The topological polar surface area (TPSA) is 125 Å². The molecule has 0 saturated heterocycles. The highest BCUT2D eigenvalue weighted by atomic mass is 32.1. The van der Waals surface area contributed by atoms with Gasteiger partial charge in [-0.25, -0.2) is 9.97 Å². The molecule has 8 nitrogen and oxygen atoms in total. The SMILES string of the molecule is CN(C(=O)Cn1c(N)nc(C#N)c1C#N)c1nc2ccccc2s1. The largest absolute Gasteiger partial charge is 0.369 e. The van der Waals surface area contributed by atoms with Gasteiger partial charge in [0.25, 0.3) is 0 Å². The van der Waals surface area contributed by atoms with E-state index in [4.69, 9.17) is 16.3 Å². The molecule has 24 heavy (non-hydrogen) atoms. The average molecular weight is 337 g/mol. The van der Waals surface area contributed by atoms with Crippen molar-refractivity contribution in [3.05, 3.63) is 35.7 Å². The lowest BCUT2D eigenvalue weighted by atomic mass is 10.3. The minimum absolute atomic E-state index is 0.0268. The quantitative estimate of drug-likeness (QED) is 0.771. The standard InChI is InChI=1S/C15H11N7OS/c1-21(15-20-9-4-2-3-5-12(9)24-15)13(23)8-22-11(7-17)10(6-16)19-14(22)18/h2-5H,8H2,1H3,(H2,18,19). The molecular formula is C15H11N7OS. The van der Waals surface area contributed by atoms with Gasteiger partial charge in [0.2, 0.25) is 11.9 Å². The lowest BCUT2D eigenvalue weighted by Crippen LogP contribution is -2.30. The molecular weight excluding hydrogens is 326 g/mol. The van der Waals surface area contributed by atoms with Crippen molar-refractivity contribution in [1.29, 1.82) is 10.5 Å². The number of hydrogen-bond donors (Lipinski definition) is 1.